The Morgan fingerprint density at radius 1 is 1.38 bits per heavy atom. The summed E-state index contributed by atoms with van der Waals surface area (Å²) in [5, 5.41) is 0. The highest BCUT2D eigenvalue weighted by molar-refractivity contribution is 6.34. The number of hydrogen-bond donors (Lipinski definition) is 0. The normalized spacial score (nSPS) is 25.6. The van der Waals surface area contributed by atoms with Gasteiger partial charge in [0.15, 0.2) is 0 Å². The van der Waals surface area contributed by atoms with Gasteiger partial charge in [-0.1, -0.05) is 6.42 Å². The van der Waals surface area contributed by atoms with Gasteiger partial charge in [-0.15, -0.1) is 0 Å². The van der Waals surface area contributed by atoms with E-state index in [0.29, 0.717) is 0 Å². The van der Waals surface area contributed by atoms with E-state index in [0.717, 1.165) is 25.7 Å². The predicted octanol–water partition coefficient (Wildman–Crippen LogP) is 1.25. The van der Waals surface area contributed by atoms with Gasteiger partial charge >= 0.3 is 11.9 Å². The van der Waals surface area contributed by atoms with E-state index in [2.05, 4.69) is 4.99 Å². The van der Waals surface area contributed by atoms with Crippen LogP contribution in [0.1, 0.15) is 32.1 Å². The van der Waals surface area contributed by atoms with Gasteiger partial charge in [0.2, 0.25) is 5.72 Å². The molecule has 1 aliphatic carbocycles. The largest absolute Gasteiger partial charge is 0.476 e. The summed E-state index contributed by atoms with van der Waals surface area (Å²) in [6.45, 7) is 0. The van der Waals surface area contributed by atoms with Crippen molar-refractivity contribution in [1.82, 2.24) is 0 Å². The van der Waals surface area contributed by atoms with Crippen LogP contribution in [0.25, 0.3) is 0 Å². The maximum atomic E-state index is 11.2. The second-order valence-corrected chi connectivity index (χ2v) is 3.52. The Morgan fingerprint density at radius 3 is 2.62 bits per heavy atom. The monoisotopic (exact) mass is 183 g/mol. The molecule has 0 amide bonds. The number of rotatable bonds is 0. The second kappa shape index (κ2) is 3.01. The molecule has 0 aromatic rings. The second-order valence-electron chi connectivity index (χ2n) is 3.52. The number of carbonyl (C=O) groups excluding carboxylic acids is 1. The van der Waals surface area contributed by atoms with Crippen molar-refractivity contribution in [2.75, 3.05) is 7.11 Å². The standard InChI is InChI=1S/C9H13NO3/c1-12-7-8(11)13-9(10-7)5-3-2-4-6-9/h2-6H2,1H3. The topological polar surface area (TPSA) is 47.9 Å². The lowest BCUT2D eigenvalue weighted by Gasteiger charge is -2.28. The molecule has 13 heavy (non-hydrogen) atoms. The molecule has 0 bridgehead atoms. The fourth-order valence-electron chi connectivity index (χ4n) is 1.92. The third-order valence-electron chi connectivity index (χ3n) is 2.59. The number of esters is 1. The lowest BCUT2D eigenvalue weighted by atomic mass is 9.92. The van der Waals surface area contributed by atoms with Crippen molar-refractivity contribution in [3.05, 3.63) is 0 Å². The summed E-state index contributed by atoms with van der Waals surface area (Å²) < 4.78 is 10.1. The number of ether oxygens (including phenoxy) is 2. The van der Waals surface area contributed by atoms with Crippen molar-refractivity contribution in [2.45, 2.75) is 37.8 Å². The summed E-state index contributed by atoms with van der Waals surface area (Å²) in [5.41, 5.74) is -0.569. The average molecular weight is 183 g/mol. The van der Waals surface area contributed by atoms with E-state index >= 15 is 0 Å². The number of carbonyl (C=O) groups is 1. The number of nitrogens with zero attached hydrogens (tertiary/aromatic N) is 1. The van der Waals surface area contributed by atoms with E-state index in [4.69, 9.17) is 9.47 Å². The van der Waals surface area contributed by atoms with E-state index in [-0.39, 0.29) is 5.90 Å². The zero-order valence-corrected chi connectivity index (χ0v) is 7.71. The minimum absolute atomic E-state index is 0.127. The summed E-state index contributed by atoms with van der Waals surface area (Å²) in [7, 11) is 1.45. The molecule has 1 saturated carbocycles. The zero-order chi connectivity index (χ0) is 9.31. The highest BCUT2D eigenvalue weighted by atomic mass is 16.6. The highest BCUT2D eigenvalue weighted by Gasteiger charge is 2.43. The smallest absolute Gasteiger partial charge is 0.396 e. The highest BCUT2D eigenvalue weighted by Crippen LogP contribution is 2.36. The molecular formula is C9H13NO3. The molecule has 0 unspecified atom stereocenters. The molecule has 0 radical (unpaired) electrons. The minimum atomic E-state index is -0.569. The third-order valence-corrected chi connectivity index (χ3v) is 2.59. The van der Waals surface area contributed by atoms with Crippen LogP contribution < -0.4 is 0 Å². The van der Waals surface area contributed by atoms with Crippen LogP contribution in [-0.2, 0) is 14.3 Å². The Bertz CT molecular complexity index is 254. The van der Waals surface area contributed by atoms with Crippen molar-refractivity contribution < 1.29 is 14.3 Å². The van der Waals surface area contributed by atoms with Crippen molar-refractivity contribution in [1.29, 1.82) is 0 Å². The van der Waals surface area contributed by atoms with Crippen LogP contribution in [0.2, 0.25) is 0 Å². The van der Waals surface area contributed by atoms with E-state index in [1.807, 2.05) is 0 Å². The van der Waals surface area contributed by atoms with E-state index < -0.39 is 11.7 Å². The maximum absolute atomic E-state index is 11.2. The molecule has 2 aliphatic rings. The fourth-order valence-corrected chi connectivity index (χ4v) is 1.92. The van der Waals surface area contributed by atoms with Crippen LogP contribution in [0.5, 0.6) is 0 Å². The molecular weight excluding hydrogens is 170 g/mol. The van der Waals surface area contributed by atoms with E-state index in [9.17, 15) is 4.79 Å². The fraction of sp³-hybridized carbons (Fsp3) is 0.778. The van der Waals surface area contributed by atoms with Crippen molar-refractivity contribution >= 4 is 11.9 Å². The Morgan fingerprint density at radius 2 is 2.08 bits per heavy atom. The molecule has 1 aliphatic heterocycles. The van der Waals surface area contributed by atoms with Gasteiger partial charge in [-0.3, -0.25) is 0 Å². The molecule has 4 nitrogen and oxygen atoms in total. The minimum Gasteiger partial charge on any atom is -0.476 e. The molecule has 1 spiro atoms. The van der Waals surface area contributed by atoms with Crippen LogP contribution in [-0.4, -0.2) is 24.7 Å². The third kappa shape index (κ3) is 1.41. The number of hydrogen-bond acceptors (Lipinski definition) is 4. The van der Waals surface area contributed by atoms with Crippen LogP contribution >= 0.6 is 0 Å². The van der Waals surface area contributed by atoms with Crippen LogP contribution in [0, 0.1) is 0 Å². The molecule has 1 fully saturated rings. The molecule has 0 aromatic heterocycles. The first-order chi connectivity index (χ1) is 6.26. The van der Waals surface area contributed by atoms with Crippen LogP contribution in [0.3, 0.4) is 0 Å². The van der Waals surface area contributed by atoms with Gasteiger partial charge in [-0.05, 0) is 12.8 Å². The van der Waals surface area contributed by atoms with E-state index in [1.165, 1.54) is 13.5 Å². The Kier molecular flexibility index (Phi) is 1.98. The summed E-state index contributed by atoms with van der Waals surface area (Å²) in [6.07, 6.45) is 5.04. The van der Waals surface area contributed by atoms with Gasteiger partial charge in [0.1, 0.15) is 0 Å². The Labute approximate surface area is 76.9 Å². The molecule has 2 rings (SSSR count). The Balaban J connectivity index is 2.17. The molecule has 0 atom stereocenters. The van der Waals surface area contributed by atoms with Crippen molar-refractivity contribution in [3.63, 3.8) is 0 Å². The molecule has 1 heterocycles. The zero-order valence-electron chi connectivity index (χ0n) is 7.71. The van der Waals surface area contributed by atoms with E-state index in [1.54, 1.807) is 0 Å². The maximum Gasteiger partial charge on any atom is 0.396 e. The molecule has 0 aromatic carbocycles. The van der Waals surface area contributed by atoms with Gasteiger partial charge in [0.05, 0.1) is 7.11 Å². The lowest BCUT2D eigenvalue weighted by Crippen LogP contribution is -2.30. The summed E-state index contributed by atoms with van der Waals surface area (Å²) >= 11 is 0. The quantitative estimate of drug-likeness (QED) is 0.531. The number of methoxy groups -OCH3 is 1. The number of aliphatic imine (C=N–C) groups is 1. The van der Waals surface area contributed by atoms with Crippen LogP contribution in [0.15, 0.2) is 4.99 Å². The summed E-state index contributed by atoms with van der Waals surface area (Å²) in [6, 6.07) is 0. The first-order valence-electron chi connectivity index (χ1n) is 4.63. The molecule has 0 N–H and O–H groups in total. The van der Waals surface area contributed by atoms with Gasteiger partial charge in [-0.25, -0.2) is 4.79 Å². The predicted molar refractivity (Wildman–Crippen MR) is 46.4 cm³/mol. The van der Waals surface area contributed by atoms with Crippen LogP contribution in [0.4, 0.5) is 0 Å². The van der Waals surface area contributed by atoms with Gasteiger partial charge in [-0.2, -0.15) is 4.99 Å². The average Bonchev–Trinajstić information content (AvgIpc) is 2.44. The SMILES string of the molecule is COC1=NC2(CCCCC2)OC1=O. The lowest BCUT2D eigenvalue weighted by molar-refractivity contribution is -0.149. The molecule has 72 valence electrons. The summed E-state index contributed by atoms with van der Waals surface area (Å²) in [5.74, 6) is -0.286. The van der Waals surface area contributed by atoms with Gasteiger partial charge in [0.25, 0.3) is 0 Å². The Hall–Kier alpha value is -1.06. The molecule has 4 heteroatoms. The van der Waals surface area contributed by atoms with Crippen molar-refractivity contribution in [3.8, 4) is 0 Å². The first-order valence-corrected chi connectivity index (χ1v) is 4.63. The summed E-state index contributed by atoms with van der Waals surface area (Å²) in [4.78, 5) is 15.4. The first kappa shape index (κ1) is 8.53. The van der Waals surface area contributed by atoms with Crippen molar-refractivity contribution in [2.24, 2.45) is 4.99 Å². The molecule has 0 saturated heterocycles. The van der Waals surface area contributed by atoms with Gasteiger partial charge in [0, 0.05) is 12.8 Å². The van der Waals surface area contributed by atoms with Gasteiger partial charge < -0.3 is 9.47 Å².